The minimum absolute atomic E-state index is 0.144. The van der Waals surface area contributed by atoms with E-state index in [0.717, 1.165) is 71.4 Å². The number of carbonyl (C=O) groups is 1. The van der Waals surface area contributed by atoms with Crippen LogP contribution in [0.25, 0.3) is 11.1 Å². The van der Waals surface area contributed by atoms with Crippen LogP contribution in [0, 0.1) is 0 Å². The summed E-state index contributed by atoms with van der Waals surface area (Å²) >= 11 is 0. The number of carbonyl (C=O) groups excluding carboxylic acids is 1. The van der Waals surface area contributed by atoms with Crippen LogP contribution in [0.15, 0.2) is 110 Å². The van der Waals surface area contributed by atoms with Crippen LogP contribution in [0.5, 0.6) is 5.75 Å². The van der Waals surface area contributed by atoms with E-state index in [0.29, 0.717) is 5.56 Å². The third kappa shape index (κ3) is 7.25. The summed E-state index contributed by atoms with van der Waals surface area (Å²) in [6.45, 7) is 3.34. The molecule has 2 N–H and O–H groups in total. The summed E-state index contributed by atoms with van der Waals surface area (Å²) in [4.78, 5) is 15.5. The highest BCUT2D eigenvalue weighted by molar-refractivity contribution is 5.81. The largest absolute Gasteiger partial charge is 0.488 e. The van der Waals surface area contributed by atoms with Crippen molar-refractivity contribution >= 4 is 28.7 Å². The summed E-state index contributed by atoms with van der Waals surface area (Å²) in [6.07, 6.45) is 2.96. The fourth-order valence-electron chi connectivity index (χ4n) is 5.30. The molecule has 0 saturated heterocycles. The zero-order valence-electron chi connectivity index (χ0n) is 24.6. The highest BCUT2D eigenvalue weighted by atomic mass is 16.6. The molecule has 0 spiro atoms. The molecule has 4 aromatic rings. The van der Waals surface area contributed by atoms with Crippen molar-refractivity contribution in [2.45, 2.75) is 44.2 Å². The summed E-state index contributed by atoms with van der Waals surface area (Å²) in [7, 11) is 4.01. The Hall–Kier alpha value is -4.59. The van der Waals surface area contributed by atoms with Gasteiger partial charge in [0.25, 0.3) is 0 Å². The summed E-state index contributed by atoms with van der Waals surface area (Å²) < 4.78 is 11.0. The molecule has 0 radical (unpaired) electrons. The fraction of sp³-hybridized carbons (Fsp3) is 0.250. The summed E-state index contributed by atoms with van der Waals surface area (Å²) in [5, 5.41) is 20.4. The van der Waals surface area contributed by atoms with Gasteiger partial charge in [0, 0.05) is 54.6 Å². The second-order valence-corrected chi connectivity index (χ2v) is 10.8. The first-order valence-corrected chi connectivity index (χ1v) is 14.6. The lowest BCUT2D eigenvalue weighted by molar-refractivity contribution is -0.162. The topological polar surface area (TPSA) is 82.5 Å². The fourth-order valence-corrected chi connectivity index (χ4v) is 5.30. The zero-order chi connectivity index (χ0) is 30.3. The van der Waals surface area contributed by atoms with Gasteiger partial charge in [-0.25, -0.2) is 4.79 Å². The predicted octanol–water partition coefficient (Wildman–Crippen LogP) is 7.29. The summed E-state index contributed by atoms with van der Waals surface area (Å²) in [6, 6.07) is 32.0. The molecular formula is C36H38N2O5. The van der Waals surface area contributed by atoms with Crippen LogP contribution in [0.4, 0.5) is 22.7 Å². The smallest absolute Gasteiger partial charge is 0.332 e. The van der Waals surface area contributed by atoms with Crippen molar-refractivity contribution in [2.24, 2.45) is 0 Å². The molecule has 1 saturated carbocycles. The number of esters is 1. The standard InChI is InChI=1S/C36H38N2O5/c1-4-35(40)43-36(41)27-16-22-29(23-17-27)37(2)28-18-12-25(13-19-28)26-14-20-30(21-15-26)38(3)31-8-7-9-32(24-31)42-34-11-6-5-10-33(34)39/h4,7-9,12-24,33-34,36,39,41H,1,5-6,10-11H2,2-3H3/t33-,34?,36?/m1/s1. The Labute approximate surface area is 253 Å². The van der Waals surface area contributed by atoms with E-state index < -0.39 is 18.4 Å². The van der Waals surface area contributed by atoms with Crippen LogP contribution in [-0.2, 0) is 9.53 Å². The minimum atomic E-state index is -1.34. The lowest BCUT2D eigenvalue weighted by Gasteiger charge is -2.28. The monoisotopic (exact) mass is 578 g/mol. The van der Waals surface area contributed by atoms with Crippen molar-refractivity contribution in [1.29, 1.82) is 0 Å². The van der Waals surface area contributed by atoms with E-state index in [4.69, 9.17) is 9.47 Å². The Balaban J connectivity index is 1.22. The highest BCUT2D eigenvalue weighted by Crippen LogP contribution is 2.32. The van der Waals surface area contributed by atoms with Gasteiger partial charge in [-0.1, -0.05) is 55.5 Å². The lowest BCUT2D eigenvalue weighted by Crippen LogP contribution is -2.34. The highest BCUT2D eigenvalue weighted by Gasteiger charge is 2.24. The van der Waals surface area contributed by atoms with Gasteiger partial charge in [0.15, 0.2) is 0 Å². The van der Waals surface area contributed by atoms with Gasteiger partial charge >= 0.3 is 5.97 Å². The van der Waals surface area contributed by atoms with Gasteiger partial charge in [0.05, 0.1) is 6.10 Å². The van der Waals surface area contributed by atoms with Gasteiger partial charge in [-0.05, 0) is 78.9 Å². The van der Waals surface area contributed by atoms with Crippen molar-refractivity contribution in [3.05, 3.63) is 115 Å². The molecular weight excluding hydrogens is 540 g/mol. The normalized spacial score (nSPS) is 17.0. The molecule has 43 heavy (non-hydrogen) atoms. The Morgan fingerprint density at radius 2 is 1.35 bits per heavy atom. The first-order valence-electron chi connectivity index (χ1n) is 14.6. The van der Waals surface area contributed by atoms with E-state index in [1.165, 1.54) is 0 Å². The number of nitrogens with zero attached hydrogens (tertiary/aromatic N) is 2. The molecule has 0 aliphatic heterocycles. The summed E-state index contributed by atoms with van der Waals surface area (Å²) in [5.74, 6) is 0.0992. The Bertz CT molecular complexity index is 1520. The zero-order valence-corrected chi connectivity index (χ0v) is 24.6. The van der Waals surface area contributed by atoms with Crippen LogP contribution >= 0.6 is 0 Å². The van der Waals surface area contributed by atoms with E-state index >= 15 is 0 Å². The van der Waals surface area contributed by atoms with Crippen LogP contribution in [0.3, 0.4) is 0 Å². The first-order chi connectivity index (χ1) is 20.8. The Morgan fingerprint density at radius 3 is 1.91 bits per heavy atom. The molecule has 0 aromatic heterocycles. The molecule has 4 aromatic carbocycles. The number of ether oxygens (including phenoxy) is 2. The number of aliphatic hydroxyl groups is 2. The van der Waals surface area contributed by atoms with E-state index in [-0.39, 0.29) is 6.10 Å². The SMILES string of the molecule is C=CC(=O)OC(O)c1ccc(N(C)c2ccc(-c3ccc(N(C)c4cccc(OC5CCCC[C@H]5O)c4)cc3)cc2)cc1. The van der Waals surface area contributed by atoms with E-state index in [1.54, 1.807) is 12.1 Å². The van der Waals surface area contributed by atoms with Crippen LogP contribution < -0.4 is 14.5 Å². The third-order valence-electron chi connectivity index (χ3n) is 7.96. The van der Waals surface area contributed by atoms with E-state index in [9.17, 15) is 15.0 Å². The predicted molar refractivity (Wildman–Crippen MR) is 171 cm³/mol. The lowest BCUT2D eigenvalue weighted by atomic mass is 9.95. The maximum absolute atomic E-state index is 11.3. The van der Waals surface area contributed by atoms with Gasteiger partial charge in [-0.15, -0.1) is 0 Å². The molecule has 0 bridgehead atoms. The van der Waals surface area contributed by atoms with E-state index in [2.05, 4.69) is 66.1 Å². The molecule has 0 heterocycles. The average Bonchev–Trinajstić information content (AvgIpc) is 3.05. The number of hydrogen-bond donors (Lipinski definition) is 2. The van der Waals surface area contributed by atoms with Gasteiger partial charge < -0.3 is 29.5 Å². The number of rotatable bonds is 10. The maximum Gasteiger partial charge on any atom is 0.332 e. The summed E-state index contributed by atoms with van der Waals surface area (Å²) in [5.41, 5.74) is 6.71. The number of benzene rings is 4. The van der Waals surface area contributed by atoms with Crippen LogP contribution in [0.1, 0.15) is 37.5 Å². The Morgan fingerprint density at radius 1 is 0.814 bits per heavy atom. The van der Waals surface area contributed by atoms with Crippen LogP contribution in [-0.4, -0.2) is 42.5 Å². The molecule has 1 fully saturated rings. The molecule has 5 rings (SSSR count). The second-order valence-electron chi connectivity index (χ2n) is 10.8. The molecule has 3 atom stereocenters. The van der Waals surface area contributed by atoms with Crippen molar-refractivity contribution in [1.82, 2.24) is 0 Å². The second kappa shape index (κ2) is 13.6. The third-order valence-corrected chi connectivity index (χ3v) is 7.96. The number of anilines is 4. The van der Waals surface area contributed by atoms with Crippen LogP contribution in [0.2, 0.25) is 0 Å². The molecule has 7 heteroatoms. The Kier molecular flexibility index (Phi) is 9.45. The number of aliphatic hydroxyl groups excluding tert-OH is 2. The quantitative estimate of drug-likeness (QED) is 0.116. The average molecular weight is 579 g/mol. The molecule has 7 nitrogen and oxygen atoms in total. The van der Waals surface area contributed by atoms with Crippen molar-refractivity contribution in [3.8, 4) is 16.9 Å². The van der Waals surface area contributed by atoms with E-state index in [1.807, 2.05) is 49.3 Å². The minimum Gasteiger partial charge on any atom is -0.488 e. The number of hydrogen-bond acceptors (Lipinski definition) is 7. The first kappa shape index (κ1) is 29.9. The van der Waals surface area contributed by atoms with Gasteiger partial charge in [0.2, 0.25) is 6.29 Å². The maximum atomic E-state index is 11.3. The van der Waals surface area contributed by atoms with Crippen molar-refractivity contribution in [3.63, 3.8) is 0 Å². The molecule has 1 aliphatic rings. The van der Waals surface area contributed by atoms with Gasteiger partial charge in [-0.2, -0.15) is 0 Å². The van der Waals surface area contributed by atoms with Gasteiger partial charge in [0.1, 0.15) is 11.9 Å². The van der Waals surface area contributed by atoms with Crippen molar-refractivity contribution in [2.75, 3.05) is 23.9 Å². The van der Waals surface area contributed by atoms with Gasteiger partial charge in [-0.3, -0.25) is 0 Å². The van der Waals surface area contributed by atoms with Crippen molar-refractivity contribution < 1.29 is 24.5 Å². The molecule has 0 amide bonds. The molecule has 1 aliphatic carbocycles. The molecule has 222 valence electrons. The molecule has 2 unspecified atom stereocenters.